The van der Waals surface area contributed by atoms with E-state index in [0.29, 0.717) is 0 Å². The molecule has 1 aromatic carbocycles. The second-order valence-electron chi connectivity index (χ2n) is 2.42. The van der Waals surface area contributed by atoms with Gasteiger partial charge in [0.05, 0.1) is 14.8 Å². The molecule has 10 nitrogen and oxygen atoms in total. The van der Waals surface area contributed by atoms with Crippen molar-refractivity contribution in [2.24, 2.45) is 0 Å². The summed E-state index contributed by atoms with van der Waals surface area (Å²) in [4.78, 5) is 28.0. The van der Waals surface area contributed by atoms with Crippen LogP contribution in [0.25, 0.3) is 0 Å². The molecule has 0 bridgehead atoms. The summed E-state index contributed by atoms with van der Waals surface area (Å²) in [5, 5.41) is 31.2. The van der Waals surface area contributed by atoms with E-state index in [1.54, 1.807) is 0 Å². The Labute approximate surface area is 94.9 Å². The Kier molecular flexibility index (Phi) is 6.00. The third-order valence-corrected chi connectivity index (χ3v) is 1.57. The van der Waals surface area contributed by atoms with Crippen LogP contribution in [0, 0.1) is 30.3 Å². The van der Waals surface area contributed by atoms with Crippen LogP contribution in [0.1, 0.15) is 7.43 Å². The minimum Gasteiger partial charge on any atom is -0.344 e. The Bertz CT molecular complexity index is 427. The molecule has 0 saturated heterocycles. The fraction of sp³-hybridized carbons (Fsp3) is 0.143. The van der Waals surface area contributed by atoms with E-state index in [4.69, 9.17) is 0 Å². The topological polar surface area (TPSA) is 164 Å². The number of nitro groups is 3. The van der Waals surface area contributed by atoms with Crippen LogP contribution in [0.5, 0.6) is 0 Å². The van der Waals surface area contributed by atoms with E-state index >= 15 is 0 Å². The fourth-order valence-corrected chi connectivity index (χ4v) is 1.00. The summed E-state index contributed by atoms with van der Waals surface area (Å²) < 4.78 is 0. The Hall–Kier alpha value is -2.62. The number of rotatable bonds is 3. The van der Waals surface area contributed by atoms with Crippen LogP contribution in [0.3, 0.4) is 0 Å². The first-order valence-corrected chi connectivity index (χ1v) is 3.51. The number of benzene rings is 1. The zero-order valence-corrected chi connectivity index (χ0v) is 7.73. The van der Waals surface area contributed by atoms with Crippen molar-refractivity contribution in [1.82, 2.24) is 6.15 Å². The molecule has 0 heterocycles. The van der Waals surface area contributed by atoms with Gasteiger partial charge in [0.25, 0.3) is 0 Å². The summed E-state index contributed by atoms with van der Waals surface area (Å²) in [6, 6.07) is 2.69. The van der Waals surface area contributed by atoms with Gasteiger partial charge in [-0.15, -0.1) is 0 Å². The summed E-state index contributed by atoms with van der Waals surface area (Å²) in [5.41, 5.74) is -2.89. The van der Waals surface area contributed by atoms with Gasteiger partial charge in [0.2, 0.25) is 0 Å². The van der Waals surface area contributed by atoms with Crippen molar-refractivity contribution in [1.29, 1.82) is 0 Å². The van der Waals surface area contributed by atoms with Crippen LogP contribution in [-0.2, 0) is 0 Å². The highest BCUT2D eigenvalue weighted by molar-refractivity contribution is 5.65. The van der Waals surface area contributed by atoms with Crippen molar-refractivity contribution in [3.63, 3.8) is 0 Å². The van der Waals surface area contributed by atoms with Gasteiger partial charge in [-0.05, 0) is 6.07 Å². The summed E-state index contributed by atoms with van der Waals surface area (Å²) in [5.74, 6) is 0. The number of hydrogen-bond acceptors (Lipinski definition) is 7. The molecular weight excluding hydrogens is 236 g/mol. The Balaban J connectivity index is 0. The van der Waals surface area contributed by atoms with E-state index < -0.39 is 31.8 Å². The van der Waals surface area contributed by atoms with Gasteiger partial charge in [0, 0.05) is 12.1 Å². The first-order valence-electron chi connectivity index (χ1n) is 3.51. The Morgan fingerprint density at radius 3 is 1.41 bits per heavy atom. The Morgan fingerprint density at radius 1 is 0.824 bits per heavy atom. The lowest BCUT2D eigenvalue weighted by atomic mass is 10.2. The predicted molar refractivity (Wildman–Crippen MR) is 58.2 cm³/mol. The molecule has 0 unspecified atom stereocenters. The standard InChI is InChI=1S/C6H3N3O6.CH4.H3N/c10-7(11)4-2-1-3-5(8(12)13)6(4)9(14)15;;/h1-3H;1H4;1H3. The van der Waals surface area contributed by atoms with E-state index in [1.807, 2.05) is 0 Å². The predicted octanol–water partition coefficient (Wildman–Crippen LogP) is 2.21. The normalized spacial score (nSPS) is 8.47. The molecule has 0 aliphatic heterocycles. The molecule has 0 aliphatic rings. The monoisotopic (exact) mass is 246 g/mol. The fourth-order valence-electron chi connectivity index (χ4n) is 1.00. The molecule has 0 aliphatic carbocycles. The first-order chi connectivity index (χ1) is 6.95. The number of nitrogens with zero attached hydrogens (tertiary/aromatic N) is 3. The zero-order chi connectivity index (χ0) is 11.6. The minimum atomic E-state index is -1.14. The van der Waals surface area contributed by atoms with Gasteiger partial charge in [-0.3, -0.25) is 30.3 Å². The molecule has 10 heteroatoms. The third-order valence-electron chi connectivity index (χ3n) is 1.57. The molecule has 94 valence electrons. The molecule has 0 atom stereocenters. The molecular formula is C7H10N4O6. The van der Waals surface area contributed by atoms with Gasteiger partial charge in [-0.1, -0.05) is 7.43 Å². The minimum absolute atomic E-state index is 0. The first kappa shape index (κ1) is 16.8. The van der Waals surface area contributed by atoms with E-state index in [0.717, 1.165) is 18.2 Å². The van der Waals surface area contributed by atoms with Gasteiger partial charge in [0.1, 0.15) is 0 Å². The van der Waals surface area contributed by atoms with Gasteiger partial charge in [-0.2, -0.15) is 0 Å². The highest BCUT2D eigenvalue weighted by Gasteiger charge is 2.34. The molecule has 0 saturated carbocycles. The maximum absolute atomic E-state index is 10.4. The van der Waals surface area contributed by atoms with Crippen LogP contribution >= 0.6 is 0 Å². The lowest BCUT2D eigenvalue weighted by Crippen LogP contribution is -2.00. The summed E-state index contributed by atoms with van der Waals surface area (Å²) in [7, 11) is 0. The van der Waals surface area contributed by atoms with Gasteiger partial charge in [0.15, 0.2) is 0 Å². The van der Waals surface area contributed by atoms with Crippen LogP contribution in [0.4, 0.5) is 17.1 Å². The largest absolute Gasteiger partial charge is 0.422 e. The lowest BCUT2D eigenvalue weighted by Gasteiger charge is -1.95. The number of nitro benzene ring substituents is 3. The van der Waals surface area contributed by atoms with Crippen molar-refractivity contribution in [2.45, 2.75) is 7.43 Å². The molecule has 1 rings (SSSR count). The maximum Gasteiger partial charge on any atom is 0.422 e. The molecule has 0 amide bonds. The second kappa shape index (κ2) is 6.07. The lowest BCUT2D eigenvalue weighted by molar-refractivity contribution is -0.441. The van der Waals surface area contributed by atoms with Crippen LogP contribution in [0.15, 0.2) is 18.2 Å². The van der Waals surface area contributed by atoms with Crippen molar-refractivity contribution in [2.75, 3.05) is 0 Å². The third kappa shape index (κ3) is 3.17. The summed E-state index contributed by atoms with van der Waals surface area (Å²) in [6.07, 6.45) is 0. The van der Waals surface area contributed by atoms with Gasteiger partial charge >= 0.3 is 17.1 Å². The van der Waals surface area contributed by atoms with Gasteiger partial charge in [-0.25, -0.2) is 0 Å². The molecule has 0 fully saturated rings. The smallest absolute Gasteiger partial charge is 0.344 e. The van der Waals surface area contributed by atoms with E-state index in [2.05, 4.69) is 0 Å². The van der Waals surface area contributed by atoms with Crippen LogP contribution < -0.4 is 6.15 Å². The van der Waals surface area contributed by atoms with Crippen molar-refractivity contribution in [3.05, 3.63) is 48.5 Å². The Morgan fingerprint density at radius 2 is 1.18 bits per heavy atom. The zero-order valence-electron chi connectivity index (χ0n) is 7.73. The SMILES string of the molecule is C.N.O=[N+]([O-])c1cccc([N+](=O)[O-])c1[N+](=O)[O-]. The van der Waals surface area contributed by atoms with Crippen LogP contribution in [-0.4, -0.2) is 14.8 Å². The van der Waals surface area contributed by atoms with Crippen molar-refractivity contribution >= 4 is 17.1 Å². The highest BCUT2D eigenvalue weighted by Crippen LogP contribution is 2.35. The molecule has 0 spiro atoms. The number of para-hydroxylation sites is 1. The second-order valence-corrected chi connectivity index (χ2v) is 2.42. The summed E-state index contributed by atoms with van der Waals surface area (Å²) >= 11 is 0. The average Bonchev–Trinajstić information content (AvgIpc) is 2.16. The van der Waals surface area contributed by atoms with Crippen LogP contribution in [0.2, 0.25) is 0 Å². The number of hydrogen-bond donors (Lipinski definition) is 1. The summed E-state index contributed by atoms with van der Waals surface area (Å²) in [6.45, 7) is 0. The molecule has 17 heavy (non-hydrogen) atoms. The maximum atomic E-state index is 10.4. The van der Waals surface area contributed by atoms with Crippen molar-refractivity contribution in [3.8, 4) is 0 Å². The molecule has 3 N–H and O–H groups in total. The van der Waals surface area contributed by atoms with E-state index in [-0.39, 0.29) is 13.6 Å². The quantitative estimate of drug-likeness (QED) is 0.630. The van der Waals surface area contributed by atoms with Gasteiger partial charge < -0.3 is 6.15 Å². The molecule has 0 aromatic heterocycles. The average molecular weight is 246 g/mol. The van der Waals surface area contributed by atoms with Crippen molar-refractivity contribution < 1.29 is 14.8 Å². The molecule has 0 radical (unpaired) electrons. The van der Waals surface area contributed by atoms with E-state index in [1.165, 1.54) is 0 Å². The highest BCUT2D eigenvalue weighted by atomic mass is 16.6. The molecule has 1 aromatic rings. The van der Waals surface area contributed by atoms with E-state index in [9.17, 15) is 30.3 Å².